The third-order valence-corrected chi connectivity index (χ3v) is 5.55. The van der Waals surface area contributed by atoms with Crippen LogP contribution < -0.4 is 4.74 Å². The minimum absolute atomic E-state index is 0.0496. The number of halogens is 1. The predicted octanol–water partition coefficient (Wildman–Crippen LogP) is 5.38. The van der Waals surface area contributed by atoms with Gasteiger partial charge in [0.2, 0.25) is 0 Å². The zero-order chi connectivity index (χ0) is 24.4. The van der Waals surface area contributed by atoms with E-state index in [-0.39, 0.29) is 17.9 Å². The van der Waals surface area contributed by atoms with Gasteiger partial charge in [0.15, 0.2) is 0 Å². The topological polar surface area (TPSA) is 80.0 Å². The highest BCUT2D eigenvalue weighted by atomic mass is 19.1. The summed E-state index contributed by atoms with van der Waals surface area (Å²) >= 11 is 0. The average Bonchev–Trinajstić information content (AvgIpc) is 3.35. The van der Waals surface area contributed by atoms with Crippen molar-refractivity contribution in [3.8, 4) is 5.75 Å². The number of rotatable bonds is 7. The number of amides is 1. The minimum Gasteiger partial charge on any atom is -0.507 e. The molecule has 1 aliphatic heterocycles. The van der Waals surface area contributed by atoms with E-state index in [4.69, 9.17) is 9.15 Å². The number of ketones is 1. The van der Waals surface area contributed by atoms with Crippen molar-refractivity contribution in [3.05, 3.63) is 94.7 Å². The van der Waals surface area contributed by atoms with E-state index in [1.165, 1.54) is 17.0 Å². The van der Waals surface area contributed by atoms with Gasteiger partial charge in [-0.2, -0.15) is 0 Å². The predicted molar refractivity (Wildman–Crippen MR) is 124 cm³/mol. The van der Waals surface area contributed by atoms with Crippen molar-refractivity contribution in [2.45, 2.75) is 33.4 Å². The molecule has 0 bridgehead atoms. The van der Waals surface area contributed by atoms with E-state index in [9.17, 15) is 19.1 Å². The van der Waals surface area contributed by atoms with Crippen LogP contribution in [0.25, 0.3) is 5.76 Å². The van der Waals surface area contributed by atoms with Crippen LogP contribution in [-0.4, -0.2) is 28.3 Å². The molecule has 1 aromatic heterocycles. The summed E-state index contributed by atoms with van der Waals surface area (Å²) in [5.41, 5.74) is 0.963. The van der Waals surface area contributed by atoms with Crippen molar-refractivity contribution in [2.75, 3.05) is 6.61 Å². The number of benzene rings is 2. The van der Waals surface area contributed by atoms with E-state index in [1.54, 1.807) is 55.5 Å². The molecule has 2 aromatic carbocycles. The highest BCUT2D eigenvalue weighted by Gasteiger charge is 2.47. The first-order valence-electron chi connectivity index (χ1n) is 11.1. The number of ether oxygens (including phenoxy) is 1. The molecular formula is C27H26FNO5. The maximum absolute atomic E-state index is 13.4. The molecule has 1 atom stereocenters. The van der Waals surface area contributed by atoms with E-state index in [1.807, 2.05) is 13.8 Å². The molecule has 6 nitrogen and oxygen atoms in total. The average molecular weight is 464 g/mol. The molecule has 176 valence electrons. The SMILES string of the molecule is Cc1ccc(C2/C(=C(/O)c3ccc(OCC(C)C)cc3)C(=O)C(=O)N2Cc2ccc(F)cc2)o1. The number of aryl methyl sites for hydroxylation is 1. The molecule has 4 rings (SSSR count). The van der Waals surface area contributed by atoms with Crippen molar-refractivity contribution >= 4 is 17.4 Å². The van der Waals surface area contributed by atoms with Crippen molar-refractivity contribution in [3.63, 3.8) is 0 Å². The maximum atomic E-state index is 13.4. The number of hydrogen-bond donors (Lipinski definition) is 1. The van der Waals surface area contributed by atoms with E-state index in [2.05, 4.69) is 0 Å². The van der Waals surface area contributed by atoms with Gasteiger partial charge >= 0.3 is 0 Å². The molecular weight excluding hydrogens is 437 g/mol. The molecule has 2 heterocycles. The maximum Gasteiger partial charge on any atom is 0.296 e. The fourth-order valence-electron chi connectivity index (χ4n) is 3.85. The van der Waals surface area contributed by atoms with E-state index >= 15 is 0 Å². The molecule has 0 spiro atoms. The van der Waals surface area contributed by atoms with Crippen LogP contribution in [0.5, 0.6) is 5.75 Å². The van der Waals surface area contributed by atoms with Gasteiger partial charge in [0, 0.05) is 12.1 Å². The molecule has 0 radical (unpaired) electrons. The molecule has 1 aliphatic rings. The molecule has 1 fully saturated rings. The number of carbonyl (C=O) groups excluding carboxylic acids is 2. The van der Waals surface area contributed by atoms with E-state index in [0.29, 0.717) is 40.9 Å². The van der Waals surface area contributed by atoms with Gasteiger partial charge in [0.05, 0.1) is 12.2 Å². The smallest absolute Gasteiger partial charge is 0.296 e. The van der Waals surface area contributed by atoms with Gasteiger partial charge in [-0.05, 0) is 66.9 Å². The quantitative estimate of drug-likeness (QED) is 0.289. The van der Waals surface area contributed by atoms with Crippen LogP contribution in [0.2, 0.25) is 0 Å². The van der Waals surface area contributed by atoms with Crippen LogP contribution in [0.1, 0.15) is 42.5 Å². The van der Waals surface area contributed by atoms with Crippen LogP contribution in [0.4, 0.5) is 4.39 Å². The van der Waals surface area contributed by atoms with E-state index in [0.717, 1.165) is 0 Å². The zero-order valence-electron chi connectivity index (χ0n) is 19.2. The summed E-state index contributed by atoms with van der Waals surface area (Å²) in [6.45, 7) is 6.44. The molecule has 1 unspecified atom stereocenters. The summed E-state index contributed by atoms with van der Waals surface area (Å²) in [5.74, 6) is -0.298. The fourth-order valence-corrected chi connectivity index (χ4v) is 3.85. The molecule has 1 amide bonds. The fraction of sp³-hybridized carbons (Fsp3) is 0.259. The summed E-state index contributed by atoms with van der Waals surface area (Å²) in [4.78, 5) is 27.4. The summed E-state index contributed by atoms with van der Waals surface area (Å²) in [6, 6.07) is 14.9. The normalized spacial score (nSPS) is 17.6. The third-order valence-electron chi connectivity index (χ3n) is 5.55. The van der Waals surface area contributed by atoms with Gasteiger partial charge in [-0.3, -0.25) is 9.59 Å². The number of furan rings is 1. The van der Waals surface area contributed by atoms with Crippen LogP contribution in [0.15, 0.2) is 70.7 Å². The lowest BCUT2D eigenvalue weighted by atomic mass is 9.99. The molecule has 7 heteroatoms. The van der Waals surface area contributed by atoms with Crippen LogP contribution in [0.3, 0.4) is 0 Å². The summed E-state index contributed by atoms with van der Waals surface area (Å²) < 4.78 is 24.8. The Kier molecular flexibility index (Phi) is 6.54. The first-order valence-corrected chi connectivity index (χ1v) is 11.1. The number of likely N-dealkylation sites (tertiary alicyclic amines) is 1. The largest absolute Gasteiger partial charge is 0.507 e. The van der Waals surface area contributed by atoms with Crippen molar-refractivity contribution in [1.29, 1.82) is 0 Å². The third kappa shape index (κ3) is 4.73. The van der Waals surface area contributed by atoms with Crippen LogP contribution in [0, 0.1) is 18.7 Å². The Labute approximate surface area is 197 Å². The van der Waals surface area contributed by atoms with Crippen molar-refractivity contribution in [1.82, 2.24) is 4.90 Å². The lowest BCUT2D eigenvalue weighted by Gasteiger charge is -2.23. The van der Waals surface area contributed by atoms with E-state index < -0.39 is 23.5 Å². The number of Topliss-reactive ketones (excluding diaryl/α,β-unsaturated/α-hetero) is 1. The first-order chi connectivity index (χ1) is 16.2. The van der Waals surface area contributed by atoms with Gasteiger partial charge in [0.1, 0.15) is 34.9 Å². The summed E-state index contributed by atoms with van der Waals surface area (Å²) in [6.07, 6.45) is 0. The standard InChI is InChI=1S/C27H26FNO5/c1-16(2)15-33-21-11-7-19(8-12-21)25(30)23-24(22-13-4-17(3)34-22)29(27(32)26(23)31)14-18-5-9-20(28)10-6-18/h4-13,16,24,30H,14-15H2,1-3H3/b25-23-. The van der Waals surface area contributed by atoms with Gasteiger partial charge in [-0.25, -0.2) is 4.39 Å². The number of aliphatic hydroxyl groups excluding tert-OH is 1. The van der Waals surface area contributed by atoms with Gasteiger partial charge in [-0.15, -0.1) is 0 Å². The molecule has 34 heavy (non-hydrogen) atoms. The lowest BCUT2D eigenvalue weighted by molar-refractivity contribution is -0.140. The van der Waals surface area contributed by atoms with Gasteiger partial charge < -0.3 is 19.2 Å². The number of nitrogens with zero attached hydrogens (tertiary/aromatic N) is 1. The van der Waals surface area contributed by atoms with Gasteiger partial charge in [-0.1, -0.05) is 26.0 Å². The van der Waals surface area contributed by atoms with Crippen molar-refractivity contribution < 1.29 is 28.2 Å². The first kappa shape index (κ1) is 23.3. The Morgan fingerprint density at radius 3 is 2.32 bits per heavy atom. The highest BCUT2D eigenvalue weighted by Crippen LogP contribution is 2.41. The number of carbonyl (C=O) groups is 2. The Morgan fingerprint density at radius 1 is 1.06 bits per heavy atom. The van der Waals surface area contributed by atoms with Crippen molar-refractivity contribution in [2.24, 2.45) is 5.92 Å². The highest BCUT2D eigenvalue weighted by molar-refractivity contribution is 6.46. The number of hydrogen-bond acceptors (Lipinski definition) is 5. The molecule has 1 saturated heterocycles. The zero-order valence-corrected chi connectivity index (χ0v) is 19.2. The van der Waals surface area contributed by atoms with Crippen LogP contribution >= 0.6 is 0 Å². The van der Waals surface area contributed by atoms with Gasteiger partial charge in [0.25, 0.3) is 11.7 Å². The van der Waals surface area contributed by atoms with Crippen LogP contribution in [-0.2, 0) is 16.1 Å². The Bertz CT molecular complexity index is 1220. The Balaban J connectivity index is 1.73. The Morgan fingerprint density at radius 2 is 1.74 bits per heavy atom. The molecule has 0 aliphatic carbocycles. The minimum atomic E-state index is -0.921. The molecule has 3 aromatic rings. The Hall–Kier alpha value is -3.87. The second-order valence-electron chi connectivity index (χ2n) is 8.73. The molecule has 1 N–H and O–H groups in total. The second kappa shape index (κ2) is 9.55. The lowest BCUT2D eigenvalue weighted by Crippen LogP contribution is -2.29. The second-order valence-corrected chi connectivity index (χ2v) is 8.73. The number of aliphatic hydroxyl groups is 1. The summed E-state index contributed by atoms with van der Waals surface area (Å²) in [7, 11) is 0. The summed E-state index contributed by atoms with van der Waals surface area (Å²) in [5, 5.41) is 11.1. The molecule has 0 saturated carbocycles. The monoisotopic (exact) mass is 463 g/mol.